The van der Waals surface area contributed by atoms with Crippen molar-refractivity contribution in [3.63, 3.8) is 0 Å². The van der Waals surface area contributed by atoms with Gasteiger partial charge in [0.05, 0.1) is 5.69 Å². The van der Waals surface area contributed by atoms with Gasteiger partial charge in [-0.3, -0.25) is 0 Å². The average Bonchev–Trinajstić information content (AvgIpc) is 2.72. The highest BCUT2D eigenvalue weighted by atomic mass is 32.1. The summed E-state index contributed by atoms with van der Waals surface area (Å²) in [4.78, 5) is 5.84. The van der Waals surface area contributed by atoms with Crippen LogP contribution in [0.1, 0.15) is 22.6 Å². The molecule has 0 fully saturated rings. The molecule has 1 aromatic heterocycles. The maximum absolute atomic E-state index is 13.2. The number of aryl methyl sites for hydroxylation is 3. The van der Waals surface area contributed by atoms with E-state index in [-0.39, 0.29) is 5.82 Å². The monoisotopic (exact) mass is 264 g/mol. The fourth-order valence-corrected chi connectivity index (χ4v) is 2.92. The molecular formula is C14H17FN2S. The van der Waals surface area contributed by atoms with Crippen LogP contribution in [0.4, 0.5) is 4.39 Å². The van der Waals surface area contributed by atoms with Gasteiger partial charge in [0.15, 0.2) is 0 Å². The third kappa shape index (κ3) is 2.76. The molecule has 0 radical (unpaired) electrons. The van der Waals surface area contributed by atoms with Crippen LogP contribution < -0.4 is 5.73 Å². The summed E-state index contributed by atoms with van der Waals surface area (Å²) in [6.07, 6.45) is 1.95. The van der Waals surface area contributed by atoms with E-state index in [2.05, 4.69) is 4.98 Å². The molecule has 0 saturated carbocycles. The lowest BCUT2D eigenvalue weighted by Gasteiger charge is -1.99. The summed E-state index contributed by atoms with van der Waals surface area (Å²) in [6.45, 7) is 4.49. The number of rotatable bonds is 4. The van der Waals surface area contributed by atoms with E-state index in [0.717, 1.165) is 29.1 Å². The summed E-state index contributed by atoms with van der Waals surface area (Å²) in [5.74, 6) is -0.171. The lowest BCUT2D eigenvalue weighted by atomic mass is 10.1. The van der Waals surface area contributed by atoms with Crippen LogP contribution in [0, 0.1) is 19.7 Å². The normalized spacial score (nSPS) is 10.9. The number of nitrogens with zero attached hydrogens (tertiary/aromatic N) is 1. The molecule has 0 saturated heterocycles. The Kier molecular flexibility index (Phi) is 4.09. The van der Waals surface area contributed by atoms with E-state index in [0.29, 0.717) is 12.1 Å². The Hall–Kier alpha value is -1.26. The van der Waals surface area contributed by atoms with Crippen LogP contribution in [-0.4, -0.2) is 11.5 Å². The molecule has 96 valence electrons. The zero-order valence-corrected chi connectivity index (χ0v) is 11.5. The zero-order chi connectivity index (χ0) is 13.1. The van der Waals surface area contributed by atoms with Gasteiger partial charge in [-0.2, -0.15) is 0 Å². The van der Waals surface area contributed by atoms with Crippen LogP contribution in [0.2, 0.25) is 0 Å². The van der Waals surface area contributed by atoms with Gasteiger partial charge in [0, 0.05) is 10.4 Å². The van der Waals surface area contributed by atoms with Gasteiger partial charge in [0.25, 0.3) is 0 Å². The van der Waals surface area contributed by atoms with Crippen molar-refractivity contribution < 1.29 is 4.39 Å². The third-order valence-corrected chi connectivity index (χ3v) is 4.17. The number of hydrogen-bond acceptors (Lipinski definition) is 3. The van der Waals surface area contributed by atoms with Gasteiger partial charge in [-0.25, -0.2) is 9.37 Å². The maximum atomic E-state index is 13.2. The predicted octanol–water partition coefficient (Wildman–Crippen LogP) is 3.46. The Balaban J connectivity index is 2.30. The fraction of sp³-hybridized carbons (Fsp3) is 0.357. The minimum Gasteiger partial charge on any atom is -0.330 e. The van der Waals surface area contributed by atoms with Crippen LogP contribution in [-0.2, 0) is 6.42 Å². The van der Waals surface area contributed by atoms with Gasteiger partial charge in [0.2, 0.25) is 0 Å². The largest absolute Gasteiger partial charge is 0.330 e. The van der Waals surface area contributed by atoms with Gasteiger partial charge in [-0.05, 0) is 57.0 Å². The molecule has 0 aliphatic rings. The summed E-state index contributed by atoms with van der Waals surface area (Å²) in [5.41, 5.74) is 8.23. The second kappa shape index (κ2) is 5.59. The number of hydrogen-bond donors (Lipinski definition) is 1. The molecule has 0 amide bonds. The van der Waals surface area contributed by atoms with Crippen molar-refractivity contribution in [2.24, 2.45) is 5.73 Å². The molecule has 1 aromatic carbocycles. The molecule has 0 aliphatic heterocycles. The third-order valence-electron chi connectivity index (χ3n) is 2.91. The van der Waals surface area contributed by atoms with Crippen molar-refractivity contribution in [1.82, 2.24) is 4.98 Å². The molecule has 0 unspecified atom stereocenters. The Labute approximate surface area is 111 Å². The Morgan fingerprint density at radius 1 is 1.33 bits per heavy atom. The molecule has 2 N–H and O–H groups in total. The molecular weight excluding hydrogens is 247 g/mol. The van der Waals surface area contributed by atoms with E-state index in [9.17, 15) is 4.39 Å². The van der Waals surface area contributed by atoms with E-state index < -0.39 is 0 Å². The molecule has 1 heterocycles. The van der Waals surface area contributed by atoms with Gasteiger partial charge in [-0.15, -0.1) is 11.3 Å². The van der Waals surface area contributed by atoms with Crippen LogP contribution >= 0.6 is 11.3 Å². The highest BCUT2D eigenvalue weighted by Gasteiger charge is 2.10. The maximum Gasteiger partial charge on any atom is 0.126 e. The molecule has 2 rings (SSSR count). The second-order valence-electron chi connectivity index (χ2n) is 4.38. The summed E-state index contributed by atoms with van der Waals surface area (Å²) in [7, 11) is 0. The molecule has 2 nitrogen and oxygen atoms in total. The van der Waals surface area contributed by atoms with Crippen LogP contribution in [0.15, 0.2) is 18.2 Å². The van der Waals surface area contributed by atoms with E-state index in [1.54, 1.807) is 24.3 Å². The standard InChI is InChI=1S/C14H17FN2S/c1-9-8-11(5-6-12(9)15)14-17-10(2)13(18-14)4-3-7-16/h5-6,8H,3-4,7,16H2,1-2H3. The molecule has 4 heteroatoms. The van der Waals surface area contributed by atoms with Crippen LogP contribution in [0.3, 0.4) is 0 Å². The van der Waals surface area contributed by atoms with E-state index in [1.165, 1.54) is 10.9 Å². The van der Waals surface area contributed by atoms with Crippen molar-refractivity contribution >= 4 is 11.3 Å². The van der Waals surface area contributed by atoms with Crippen molar-refractivity contribution in [3.05, 3.63) is 40.2 Å². The highest BCUT2D eigenvalue weighted by Crippen LogP contribution is 2.29. The van der Waals surface area contributed by atoms with Gasteiger partial charge >= 0.3 is 0 Å². The molecule has 0 aliphatic carbocycles. The molecule has 0 bridgehead atoms. The van der Waals surface area contributed by atoms with E-state index in [1.807, 2.05) is 13.0 Å². The number of halogens is 1. The van der Waals surface area contributed by atoms with Crippen LogP contribution in [0.25, 0.3) is 10.6 Å². The number of benzene rings is 1. The van der Waals surface area contributed by atoms with Crippen molar-refractivity contribution in [1.29, 1.82) is 0 Å². The first-order chi connectivity index (χ1) is 8.61. The van der Waals surface area contributed by atoms with E-state index in [4.69, 9.17) is 5.73 Å². The highest BCUT2D eigenvalue weighted by molar-refractivity contribution is 7.15. The van der Waals surface area contributed by atoms with Gasteiger partial charge in [-0.1, -0.05) is 0 Å². The summed E-state index contributed by atoms with van der Waals surface area (Å²) in [6, 6.07) is 5.13. The number of nitrogens with two attached hydrogens (primary N) is 1. The Bertz CT molecular complexity index is 549. The predicted molar refractivity (Wildman–Crippen MR) is 74.4 cm³/mol. The smallest absolute Gasteiger partial charge is 0.126 e. The van der Waals surface area contributed by atoms with Gasteiger partial charge in [0.1, 0.15) is 10.8 Å². The number of aromatic nitrogens is 1. The Morgan fingerprint density at radius 2 is 2.11 bits per heavy atom. The molecule has 18 heavy (non-hydrogen) atoms. The first kappa shape index (κ1) is 13.2. The SMILES string of the molecule is Cc1cc(-c2nc(C)c(CCCN)s2)ccc1F. The topological polar surface area (TPSA) is 38.9 Å². The van der Waals surface area contributed by atoms with Crippen molar-refractivity contribution in [2.75, 3.05) is 6.54 Å². The first-order valence-corrected chi connectivity index (χ1v) is 6.86. The second-order valence-corrected chi connectivity index (χ2v) is 5.47. The lowest BCUT2D eigenvalue weighted by Crippen LogP contribution is -1.99. The molecule has 0 spiro atoms. The zero-order valence-electron chi connectivity index (χ0n) is 10.7. The lowest BCUT2D eigenvalue weighted by molar-refractivity contribution is 0.619. The summed E-state index contributed by atoms with van der Waals surface area (Å²) < 4.78 is 13.2. The summed E-state index contributed by atoms with van der Waals surface area (Å²) >= 11 is 1.68. The van der Waals surface area contributed by atoms with Crippen molar-refractivity contribution in [3.8, 4) is 10.6 Å². The quantitative estimate of drug-likeness (QED) is 0.918. The first-order valence-electron chi connectivity index (χ1n) is 6.04. The molecule has 2 aromatic rings. The fourth-order valence-electron chi connectivity index (χ4n) is 1.82. The Morgan fingerprint density at radius 3 is 2.78 bits per heavy atom. The van der Waals surface area contributed by atoms with E-state index >= 15 is 0 Å². The van der Waals surface area contributed by atoms with Gasteiger partial charge < -0.3 is 5.73 Å². The molecule has 0 atom stereocenters. The van der Waals surface area contributed by atoms with Crippen molar-refractivity contribution in [2.45, 2.75) is 26.7 Å². The number of thiazole rings is 1. The summed E-state index contributed by atoms with van der Waals surface area (Å²) in [5, 5.41) is 0.961. The minimum absolute atomic E-state index is 0.171. The minimum atomic E-state index is -0.171. The van der Waals surface area contributed by atoms with Crippen LogP contribution in [0.5, 0.6) is 0 Å². The average molecular weight is 264 g/mol.